The average Bonchev–Trinajstić information content (AvgIpc) is 3.48. The van der Waals surface area contributed by atoms with Gasteiger partial charge in [-0.25, -0.2) is 0 Å². The van der Waals surface area contributed by atoms with Crippen LogP contribution in [0.3, 0.4) is 0 Å². The number of amides is 1. The van der Waals surface area contributed by atoms with Gasteiger partial charge in [0.1, 0.15) is 0 Å². The van der Waals surface area contributed by atoms with Crippen molar-refractivity contribution in [2.24, 2.45) is 0 Å². The second-order valence-electron chi connectivity index (χ2n) is 25.6. The lowest BCUT2D eigenvalue weighted by Gasteiger charge is -2.20. The van der Waals surface area contributed by atoms with Crippen LogP contribution in [0.25, 0.3) is 0 Å². The van der Waals surface area contributed by atoms with Gasteiger partial charge in [0.2, 0.25) is 5.91 Å². The molecule has 0 aliphatic heterocycles. The maximum atomic E-state index is 12.5. The largest absolute Gasteiger partial charge is 0.466 e. The molecule has 0 aromatic rings. The maximum absolute atomic E-state index is 12.5. The minimum absolute atomic E-state index is 0.00319. The van der Waals surface area contributed by atoms with Gasteiger partial charge >= 0.3 is 5.97 Å². The van der Waals surface area contributed by atoms with Crippen molar-refractivity contribution in [3.63, 3.8) is 0 Å². The van der Waals surface area contributed by atoms with Crippen LogP contribution in [0.1, 0.15) is 412 Å². The highest BCUT2D eigenvalue weighted by Gasteiger charge is 2.18. The predicted octanol–water partition coefficient (Wildman–Crippen LogP) is 24.3. The van der Waals surface area contributed by atoms with Crippen molar-refractivity contribution in [2.75, 3.05) is 13.2 Å². The van der Waals surface area contributed by atoms with Gasteiger partial charge in [0.25, 0.3) is 0 Å². The topological polar surface area (TPSA) is 95.9 Å². The summed E-state index contributed by atoms with van der Waals surface area (Å²) in [6.07, 6.45) is 92.3. The van der Waals surface area contributed by atoms with Crippen molar-refractivity contribution in [2.45, 2.75) is 424 Å². The molecule has 0 saturated carbocycles. The minimum Gasteiger partial charge on any atom is -0.466 e. The van der Waals surface area contributed by atoms with Gasteiger partial charge in [-0.2, -0.15) is 0 Å². The lowest BCUT2D eigenvalue weighted by atomic mass is 10.0. The van der Waals surface area contributed by atoms with Crippen molar-refractivity contribution in [1.82, 2.24) is 5.32 Å². The van der Waals surface area contributed by atoms with Gasteiger partial charge in [-0.15, -0.1) is 0 Å². The lowest BCUT2D eigenvalue weighted by molar-refractivity contribution is -0.143. The normalized spacial score (nSPS) is 12.7. The maximum Gasteiger partial charge on any atom is 0.305 e. The molecule has 3 N–H and O–H groups in total. The first-order valence-electron chi connectivity index (χ1n) is 37.3. The molecular weight excluding hydrogens is 1010 g/mol. The Morgan fingerprint density at radius 1 is 0.341 bits per heavy atom. The number of hydrogen-bond acceptors (Lipinski definition) is 5. The highest BCUT2D eigenvalue weighted by atomic mass is 16.5. The number of carbonyl (C=O) groups is 2. The second-order valence-corrected chi connectivity index (χ2v) is 25.6. The number of rotatable bonds is 70. The fraction of sp³-hybridized carbons (Fsp3) is 0.895. The summed E-state index contributed by atoms with van der Waals surface area (Å²) in [5, 5.41) is 23.3. The number of hydrogen-bond donors (Lipinski definition) is 3. The fourth-order valence-corrected chi connectivity index (χ4v) is 11.7. The Balaban J connectivity index is 3.39. The van der Waals surface area contributed by atoms with Gasteiger partial charge < -0.3 is 20.3 Å². The van der Waals surface area contributed by atoms with E-state index in [-0.39, 0.29) is 18.5 Å². The first-order valence-corrected chi connectivity index (χ1v) is 37.3. The highest BCUT2D eigenvalue weighted by molar-refractivity contribution is 5.76. The van der Waals surface area contributed by atoms with Crippen molar-refractivity contribution in [3.05, 3.63) is 36.5 Å². The second kappa shape index (κ2) is 71.6. The first-order chi connectivity index (χ1) is 40.5. The van der Waals surface area contributed by atoms with Gasteiger partial charge in [0.15, 0.2) is 0 Å². The number of carbonyl (C=O) groups excluding carboxylic acids is 2. The summed E-state index contributed by atoms with van der Waals surface area (Å²) in [5.74, 6) is -0.0587. The van der Waals surface area contributed by atoms with E-state index in [2.05, 4.69) is 43.5 Å². The number of ether oxygens (including phenoxy) is 1. The van der Waals surface area contributed by atoms with E-state index in [1.807, 2.05) is 6.08 Å². The van der Waals surface area contributed by atoms with Crippen LogP contribution in [0.15, 0.2) is 36.5 Å². The third kappa shape index (κ3) is 67.2. The minimum atomic E-state index is -0.845. The van der Waals surface area contributed by atoms with E-state index in [0.29, 0.717) is 19.4 Å². The first kappa shape index (κ1) is 80.1. The highest BCUT2D eigenvalue weighted by Crippen LogP contribution is 2.19. The van der Waals surface area contributed by atoms with Crippen LogP contribution in [0.2, 0.25) is 0 Å². The molecule has 82 heavy (non-hydrogen) atoms. The molecule has 2 atom stereocenters. The molecule has 0 bridgehead atoms. The van der Waals surface area contributed by atoms with Crippen molar-refractivity contribution in [1.29, 1.82) is 0 Å². The standard InChI is InChI=1S/C76H145NO5/c1-3-5-7-9-11-13-15-17-19-21-22-23-24-28-31-34-37-40-44-48-52-56-60-64-68-74(79)73(72-78)77-75(80)69-65-61-57-53-49-45-41-38-35-32-29-26-25-27-30-33-36-39-43-47-51-55-59-63-67-71-82-76(81)70-66-62-58-54-50-46-42-20-18-16-14-12-10-8-6-4-2/h14,16,20,42,64,68,73-74,78-79H,3-13,15,17-19,21-41,43-63,65-67,69-72H2,1-2H3,(H,77,80)/b16-14-,42-20-,68-64+. The number of nitrogens with one attached hydrogen (secondary N) is 1. The van der Waals surface area contributed by atoms with Crippen molar-refractivity contribution >= 4 is 11.9 Å². The predicted molar refractivity (Wildman–Crippen MR) is 361 cm³/mol. The van der Waals surface area contributed by atoms with Gasteiger partial charge in [-0.1, -0.05) is 371 Å². The number of aliphatic hydroxyl groups is 2. The molecule has 0 fully saturated rings. The van der Waals surface area contributed by atoms with E-state index in [1.165, 1.54) is 334 Å². The molecule has 6 nitrogen and oxygen atoms in total. The molecule has 6 heteroatoms. The van der Waals surface area contributed by atoms with Crippen LogP contribution >= 0.6 is 0 Å². The van der Waals surface area contributed by atoms with Crippen molar-refractivity contribution in [3.8, 4) is 0 Å². The van der Waals surface area contributed by atoms with Crippen LogP contribution in [0.4, 0.5) is 0 Å². The monoisotopic (exact) mass is 1150 g/mol. The summed E-state index contributed by atoms with van der Waals surface area (Å²) in [7, 11) is 0. The van der Waals surface area contributed by atoms with Crippen LogP contribution in [0, 0.1) is 0 Å². The van der Waals surface area contributed by atoms with E-state index < -0.39 is 12.1 Å². The summed E-state index contributed by atoms with van der Waals surface area (Å²) in [6.45, 7) is 4.92. The zero-order valence-electron chi connectivity index (χ0n) is 55.5. The summed E-state index contributed by atoms with van der Waals surface area (Å²) in [6, 6.07) is -0.628. The molecule has 0 saturated heterocycles. The lowest BCUT2D eigenvalue weighted by Crippen LogP contribution is -2.45. The van der Waals surface area contributed by atoms with Gasteiger partial charge in [0.05, 0.1) is 25.4 Å². The molecule has 0 aliphatic rings. The van der Waals surface area contributed by atoms with Gasteiger partial charge in [-0.05, 0) is 64.2 Å². The molecule has 0 aromatic carbocycles. The van der Waals surface area contributed by atoms with E-state index in [0.717, 1.165) is 51.4 Å². The van der Waals surface area contributed by atoms with E-state index in [1.54, 1.807) is 6.08 Å². The zero-order chi connectivity index (χ0) is 59.2. The molecule has 0 heterocycles. The van der Waals surface area contributed by atoms with Gasteiger partial charge in [-0.3, -0.25) is 9.59 Å². The Labute approximate surface area is 513 Å². The summed E-state index contributed by atoms with van der Waals surface area (Å²) >= 11 is 0. The molecule has 1 amide bonds. The van der Waals surface area contributed by atoms with Crippen LogP contribution in [0.5, 0.6) is 0 Å². The number of esters is 1. The Hall–Kier alpha value is -1.92. The molecule has 0 spiro atoms. The Kier molecular flexibility index (Phi) is 69.9. The third-order valence-electron chi connectivity index (χ3n) is 17.4. The Morgan fingerprint density at radius 3 is 0.939 bits per heavy atom. The quantitative estimate of drug-likeness (QED) is 0.0320. The molecule has 2 unspecified atom stereocenters. The summed E-state index contributed by atoms with van der Waals surface area (Å²) < 4.78 is 5.49. The smallest absolute Gasteiger partial charge is 0.305 e. The Bertz CT molecular complexity index is 1330. The molecule has 0 aliphatic carbocycles. The average molecular weight is 1150 g/mol. The number of allylic oxidation sites excluding steroid dienone is 5. The van der Waals surface area contributed by atoms with Crippen LogP contribution < -0.4 is 5.32 Å². The molecular formula is C76H145NO5. The van der Waals surface area contributed by atoms with E-state index in [9.17, 15) is 19.8 Å². The van der Waals surface area contributed by atoms with E-state index in [4.69, 9.17) is 4.74 Å². The molecule has 484 valence electrons. The summed E-state index contributed by atoms with van der Waals surface area (Å²) in [4.78, 5) is 24.6. The van der Waals surface area contributed by atoms with Gasteiger partial charge in [0, 0.05) is 12.8 Å². The van der Waals surface area contributed by atoms with Crippen molar-refractivity contribution < 1.29 is 24.5 Å². The van der Waals surface area contributed by atoms with E-state index >= 15 is 0 Å². The fourth-order valence-electron chi connectivity index (χ4n) is 11.7. The zero-order valence-corrected chi connectivity index (χ0v) is 55.5. The Morgan fingerprint density at radius 2 is 0.610 bits per heavy atom. The number of unbranched alkanes of at least 4 members (excludes halogenated alkanes) is 55. The SMILES string of the molecule is CCCCCC/C=C\C/C=C\CCCCCCCC(=O)OCCCCCCCCCCCCCCCCCCCCCCCCCCCC(=O)NC(CO)C(O)/C=C/CCCCCCCCCCCCCCCCCCCCCCCC. The molecule has 0 rings (SSSR count). The summed E-state index contributed by atoms with van der Waals surface area (Å²) in [5.41, 5.74) is 0. The molecule has 0 radical (unpaired) electrons. The van der Waals surface area contributed by atoms with Crippen LogP contribution in [-0.4, -0.2) is 47.4 Å². The van der Waals surface area contributed by atoms with Crippen LogP contribution in [-0.2, 0) is 14.3 Å². The number of aliphatic hydroxyl groups excluding tert-OH is 2. The third-order valence-corrected chi connectivity index (χ3v) is 17.4. The molecule has 0 aromatic heterocycles.